The van der Waals surface area contributed by atoms with Gasteiger partial charge in [-0.15, -0.1) is 0 Å². The lowest BCUT2D eigenvalue weighted by molar-refractivity contribution is -0.137. The molecule has 2 heterocycles. The molecule has 1 N–H and O–H groups in total. The summed E-state index contributed by atoms with van der Waals surface area (Å²) in [7, 11) is -4.18. The smallest absolute Gasteiger partial charge is 0.416 e. The van der Waals surface area contributed by atoms with Crippen molar-refractivity contribution in [3.63, 3.8) is 0 Å². The van der Waals surface area contributed by atoms with Crippen molar-refractivity contribution in [1.82, 2.24) is 15.0 Å². The number of fused-ring (bicyclic) bond motifs is 1. The second-order valence-electron chi connectivity index (χ2n) is 7.88. The predicted octanol–water partition coefficient (Wildman–Crippen LogP) is 6.30. The van der Waals surface area contributed by atoms with Gasteiger partial charge in [0.2, 0.25) is 5.88 Å². The van der Waals surface area contributed by atoms with Crippen LogP contribution in [0, 0.1) is 0 Å². The highest BCUT2D eigenvalue weighted by atomic mass is 32.2. The molecule has 37 heavy (non-hydrogen) atoms. The Morgan fingerprint density at radius 1 is 0.811 bits per heavy atom. The van der Waals surface area contributed by atoms with Gasteiger partial charge in [0.15, 0.2) is 0 Å². The van der Waals surface area contributed by atoms with Gasteiger partial charge in [0.05, 0.1) is 27.4 Å². The van der Waals surface area contributed by atoms with E-state index in [0.717, 1.165) is 23.6 Å². The zero-order valence-corrected chi connectivity index (χ0v) is 19.7. The topological polar surface area (TPSA) is 94.1 Å². The summed E-state index contributed by atoms with van der Waals surface area (Å²) in [6, 6.07) is 20.5. The minimum Gasteiger partial charge on any atom is -0.439 e. The van der Waals surface area contributed by atoms with Gasteiger partial charge in [0, 0.05) is 29.3 Å². The van der Waals surface area contributed by atoms with E-state index in [9.17, 15) is 21.6 Å². The van der Waals surface area contributed by atoms with E-state index in [0.29, 0.717) is 11.3 Å². The van der Waals surface area contributed by atoms with Crippen molar-refractivity contribution in [3.8, 4) is 22.9 Å². The first-order valence-corrected chi connectivity index (χ1v) is 12.3. The fourth-order valence-electron chi connectivity index (χ4n) is 3.60. The van der Waals surface area contributed by atoms with E-state index < -0.39 is 21.8 Å². The third kappa shape index (κ3) is 5.36. The predicted molar refractivity (Wildman–Crippen MR) is 132 cm³/mol. The highest BCUT2D eigenvalue weighted by molar-refractivity contribution is 7.92. The van der Waals surface area contributed by atoms with Crippen molar-refractivity contribution in [3.05, 3.63) is 103 Å². The van der Waals surface area contributed by atoms with Gasteiger partial charge in [-0.1, -0.05) is 30.3 Å². The van der Waals surface area contributed by atoms with Crippen LogP contribution >= 0.6 is 0 Å². The number of pyridine rings is 1. The van der Waals surface area contributed by atoms with E-state index in [1.807, 2.05) is 18.2 Å². The quantitative estimate of drug-likeness (QED) is 0.281. The molecule has 3 aromatic carbocycles. The maximum Gasteiger partial charge on any atom is 0.416 e. The number of anilines is 1. The zero-order chi connectivity index (χ0) is 26.0. The van der Waals surface area contributed by atoms with Crippen molar-refractivity contribution >= 4 is 26.6 Å². The van der Waals surface area contributed by atoms with Gasteiger partial charge < -0.3 is 4.74 Å². The second kappa shape index (κ2) is 9.51. The Morgan fingerprint density at radius 2 is 1.62 bits per heavy atom. The van der Waals surface area contributed by atoms with Crippen LogP contribution in [0.2, 0.25) is 0 Å². The number of hydrogen-bond acceptors (Lipinski definition) is 6. The minimum atomic E-state index is -4.68. The number of alkyl halides is 3. The van der Waals surface area contributed by atoms with Gasteiger partial charge in [-0.2, -0.15) is 13.2 Å². The fraction of sp³-hybridized carbons (Fsp3) is 0.0385. The molecule has 0 aliphatic carbocycles. The van der Waals surface area contributed by atoms with Gasteiger partial charge in [0.1, 0.15) is 12.1 Å². The molecular weight excluding hydrogens is 505 g/mol. The molecule has 0 saturated heterocycles. The third-order valence-corrected chi connectivity index (χ3v) is 6.74. The van der Waals surface area contributed by atoms with Crippen LogP contribution in [0.25, 0.3) is 22.2 Å². The number of benzene rings is 3. The fourth-order valence-corrected chi connectivity index (χ4v) is 4.70. The van der Waals surface area contributed by atoms with Crippen LogP contribution < -0.4 is 9.46 Å². The second-order valence-corrected chi connectivity index (χ2v) is 9.56. The molecule has 11 heteroatoms. The summed E-state index contributed by atoms with van der Waals surface area (Å²) in [6.07, 6.45) is -1.86. The summed E-state index contributed by atoms with van der Waals surface area (Å²) >= 11 is 0. The van der Waals surface area contributed by atoms with Crippen LogP contribution in [0.5, 0.6) is 11.6 Å². The van der Waals surface area contributed by atoms with E-state index in [2.05, 4.69) is 19.7 Å². The highest BCUT2D eigenvalue weighted by Gasteiger charge is 2.32. The Morgan fingerprint density at radius 3 is 2.41 bits per heavy atom. The first kappa shape index (κ1) is 24.2. The maximum absolute atomic E-state index is 13.4. The summed E-state index contributed by atoms with van der Waals surface area (Å²) in [5.74, 6) is 0.547. The number of nitrogens with one attached hydrogen (secondary N) is 1. The van der Waals surface area contributed by atoms with Crippen LogP contribution in [-0.4, -0.2) is 23.4 Å². The molecule has 0 atom stereocenters. The monoisotopic (exact) mass is 522 g/mol. The molecule has 0 spiro atoms. The Kier molecular flexibility index (Phi) is 6.22. The summed E-state index contributed by atoms with van der Waals surface area (Å²) < 4.78 is 74.2. The van der Waals surface area contributed by atoms with Crippen molar-refractivity contribution in [1.29, 1.82) is 0 Å². The molecule has 0 aliphatic heterocycles. The molecule has 5 aromatic rings. The van der Waals surface area contributed by atoms with Crippen LogP contribution in [-0.2, 0) is 16.2 Å². The number of ether oxygens (including phenoxy) is 1. The average Bonchev–Trinajstić information content (AvgIpc) is 2.88. The van der Waals surface area contributed by atoms with Crippen LogP contribution in [0.1, 0.15) is 5.56 Å². The zero-order valence-electron chi connectivity index (χ0n) is 18.8. The maximum atomic E-state index is 13.4. The Hall–Kier alpha value is -4.51. The van der Waals surface area contributed by atoms with Gasteiger partial charge in [-0.3, -0.25) is 9.71 Å². The lowest BCUT2D eigenvalue weighted by Crippen LogP contribution is -2.15. The highest BCUT2D eigenvalue weighted by Crippen LogP contribution is 2.37. The standard InChI is InChI=1S/C26H17F3N4O3S/c27-26(28,29)18-9-11-21(24(13-18)33-37(34,35)20-6-2-1-3-7-20)23-15-25(32-16-31-23)36-19-10-8-17-5-4-12-30-22(17)14-19/h1-16,33H. The summed E-state index contributed by atoms with van der Waals surface area (Å²) in [6.45, 7) is 0. The molecule has 0 amide bonds. The molecule has 0 aliphatic rings. The summed E-state index contributed by atoms with van der Waals surface area (Å²) in [4.78, 5) is 12.4. The first-order valence-electron chi connectivity index (χ1n) is 10.8. The molecule has 7 nitrogen and oxygen atoms in total. The molecule has 0 fully saturated rings. The normalized spacial score (nSPS) is 11.9. The Balaban J connectivity index is 1.53. The van der Waals surface area contributed by atoms with Crippen molar-refractivity contribution in [2.75, 3.05) is 4.72 Å². The molecule has 0 radical (unpaired) electrons. The number of hydrogen-bond donors (Lipinski definition) is 1. The Bertz CT molecular complexity index is 1700. The SMILES string of the molecule is O=S(=O)(Nc1cc(C(F)(F)F)ccc1-c1cc(Oc2ccc3cccnc3c2)ncn1)c1ccccc1. The van der Waals surface area contributed by atoms with Gasteiger partial charge in [-0.05, 0) is 42.5 Å². The van der Waals surface area contributed by atoms with Crippen LogP contribution in [0.15, 0.2) is 102 Å². The van der Waals surface area contributed by atoms with Gasteiger partial charge >= 0.3 is 6.18 Å². The summed E-state index contributed by atoms with van der Waals surface area (Å²) in [5, 5.41) is 0.915. The van der Waals surface area contributed by atoms with Crippen LogP contribution in [0.4, 0.5) is 18.9 Å². The van der Waals surface area contributed by atoms with E-state index in [1.165, 1.54) is 36.7 Å². The molecule has 186 valence electrons. The number of aromatic nitrogens is 3. The molecule has 5 rings (SSSR count). The molecule has 0 unspecified atom stereocenters. The third-order valence-electron chi connectivity index (χ3n) is 5.36. The molecule has 0 bridgehead atoms. The van der Waals surface area contributed by atoms with Crippen LogP contribution in [0.3, 0.4) is 0 Å². The van der Waals surface area contributed by atoms with Crippen molar-refractivity contribution in [2.24, 2.45) is 0 Å². The number of halogens is 3. The van der Waals surface area contributed by atoms with Gasteiger partial charge in [0.25, 0.3) is 10.0 Å². The largest absolute Gasteiger partial charge is 0.439 e. The van der Waals surface area contributed by atoms with E-state index in [1.54, 1.807) is 24.4 Å². The average molecular weight is 523 g/mol. The number of rotatable bonds is 6. The molecular formula is C26H17F3N4O3S. The lowest BCUT2D eigenvalue weighted by atomic mass is 10.1. The van der Waals surface area contributed by atoms with Crippen molar-refractivity contribution < 1.29 is 26.3 Å². The molecule has 2 aromatic heterocycles. The lowest BCUT2D eigenvalue weighted by Gasteiger charge is -2.16. The Labute approximate surface area is 209 Å². The number of nitrogens with zero attached hydrogens (tertiary/aromatic N) is 3. The van der Waals surface area contributed by atoms with E-state index in [4.69, 9.17) is 4.74 Å². The minimum absolute atomic E-state index is 0.102. The van der Waals surface area contributed by atoms with Gasteiger partial charge in [-0.25, -0.2) is 18.4 Å². The van der Waals surface area contributed by atoms with E-state index >= 15 is 0 Å². The van der Waals surface area contributed by atoms with Crippen molar-refractivity contribution in [2.45, 2.75) is 11.1 Å². The summed E-state index contributed by atoms with van der Waals surface area (Å²) in [5.41, 5.74) is -0.340. The number of sulfonamides is 1. The first-order chi connectivity index (χ1) is 17.7. The van der Waals surface area contributed by atoms with E-state index in [-0.39, 0.29) is 27.7 Å². The molecule has 0 saturated carbocycles.